The maximum Gasteiger partial charge on any atom is 0.305 e. The number of methoxy groups -OCH3 is 1. The van der Waals surface area contributed by atoms with Gasteiger partial charge in [-0.25, -0.2) is 8.42 Å². The number of rotatable bonds is 5. The molecule has 1 rings (SSSR count). The smallest absolute Gasteiger partial charge is 0.305 e. The van der Waals surface area contributed by atoms with Crippen molar-refractivity contribution in [2.75, 3.05) is 12.9 Å². The number of esters is 1. The molecule has 0 saturated carbocycles. The van der Waals surface area contributed by atoms with Crippen molar-refractivity contribution in [2.45, 2.75) is 31.6 Å². The van der Waals surface area contributed by atoms with Crippen molar-refractivity contribution in [3.05, 3.63) is 29.3 Å². The molecule has 0 aromatic heterocycles. The lowest BCUT2D eigenvalue weighted by molar-refractivity contribution is -0.140. The normalized spacial score (nSPS) is 11.3. The Bertz CT molecular complexity index is 532. The van der Waals surface area contributed by atoms with E-state index in [9.17, 15) is 13.2 Å². The van der Waals surface area contributed by atoms with Crippen molar-refractivity contribution in [2.24, 2.45) is 0 Å². The molecule has 0 amide bonds. The number of benzene rings is 1. The van der Waals surface area contributed by atoms with Gasteiger partial charge in [0.1, 0.15) is 0 Å². The molecule has 1 aromatic rings. The number of carbonyl (C=O) groups is 1. The molecule has 0 aliphatic carbocycles. The molecule has 0 heterocycles. The summed E-state index contributed by atoms with van der Waals surface area (Å²) in [6, 6.07) is 5.34. The summed E-state index contributed by atoms with van der Waals surface area (Å²) in [6.45, 7) is 3.62. The van der Waals surface area contributed by atoms with Gasteiger partial charge in [-0.3, -0.25) is 4.79 Å². The molecule has 0 bridgehead atoms. The maximum atomic E-state index is 12.1. The summed E-state index contributed by atoms with van der Waals surface area (Å²) in [5.74, 6) is -0.419. The number of hydrogen-bond donors (Lipinski definition) is 0. The molecule has 4 nitrogen and oxygen atoms in total. The highest BCUT2D eigenvalue weighted by molar-refractivity contribution is 7.91. The van der Waals surface area contributed by atoms with Crippen LogP contribution >= 0.6 is 0 Å². The number of sulfone groups is 1. The van der Waals surface area contributed by atoms with E-state index in [0.29, 0.717) is 4.90 Å². The number of aryl methyl sites for hydroxylation is 2. The zero-order valence-electron chi connectivity index (χ0n) is 10.9. The van der Waals surface area contributed by atoms with Gasteiger partial charge in [-0.1, -0.05) is 12.1 Å². The third kappa shape index (κ3) is 3.84. The molecule has 0 unspecified atom stereocenters. The van der Waals surface area contributed by atoms with Gasteiger partial charge in [0.25, 0.3) is 0 Å². The van der Waals surface area contributed by atoms with Crippen LogP contribution in [0.5, 0.6) is 0 Å². The van der Waals surface area contributed by atoms with Crippen molar-refractivity contribution in [1.29, 1.82) is 0 Å². The first-order valence-corrected chi connectivity index (χ1v) is 7.39. The SMILES string of the molecule is COC(=O)CCCS(=O)(=O)c1cc(C)ccc1C. The van der Waals surface area contributed by atoms with Gasteiger partial charge in [-0.2, -0.15) is 0 Å². The molecule has 0 atom stereocenters. The first kappa shape index (κ1) is 14.7. The lowest BCUT2D eigenvalue weighted by atomic mass is 10.2. The van der Waals surface area contributed by atoms with Gasteiger partial charge in [0.2, 0.25) is 0 Å². The van der Waals surface area contributed by atoms with Gasteiger partial charge in [0, 0.05) is 6.42 Å². The molecule has 18 heavy (non-hydrogen) atoms. The molecule has 0 aliphatic heterocycles. The Morgan fingerprint density at radius 3 is 2.56 bits per heavy atom. The van der Waals surface area contributed by atoms with E-state index in [-0.39, 0.29) is 24.6 Å². The third-order valence-corrected chi connectivity index (χ3v) is 4.64. The average Bonchev–Trinajstić information content (AvgIpc) is 2.31. The van der Waals surface area contributed by atoms with Crippen LogP contribution in [0.1, 0.15) is 24.0 Å². The van der Waals surface area contributed by atoms with Gasteiger partial charge < -0.3 is 4.74 Å². The Morgan fingerprint density at radius 1 is 1.28 bits per heavy atom. The highest BCUT2D eigenvalue weighted by Crippen LogP contribution is 2.19. The Balaban J connectivity index is 2.80. The van der Waals surface area contributed by atoms with Crippen LogP contribution in [0.3, 0.4) is 0 Å². The maximum absolute atomic E-state index is 12.1. The van der Waals surface area contributed by atoms with Crippen LogP contribution in [0.2, 0.25) is 0 Å². The molecule has 0 aliphatic rings. The van der Waals surface area contributed by atoms with Crippen molar-refractivity contribution in [3.8, 4) is 0 Å². The average molecular weight is 270 g/mol. The van der Waals surface area contributed by atoms with Crippen molar-refractivity contribution >= 4 is 15.8 Å². The largest absolute Gasteiger partial charge is 0.469 e. The number of carbonyl (C=O) groups excluding carboxylic acids is 1. The zero-order chi connectivity index (χ0) is 13.8. The van der Waals surface area contributed by atoms with E-state index in [2.05, 4.69) is 4.74 Å². The predicted molar refractivity (Wildman–Crippen MR) is 69.2 cm³/mol. The second-order valence-corrected chi connectivity index (χ2v) is 6.35. The monoisotopic (exact) mass is 270 g/mol. The summed E-state index contributed by atoms with van der Waals surface area (Å²) >= 11 is 0. The molecule has 0 saturated heterocycles. The first-order chi connectivity index (χ1) is 8.36. The number of ether oxygens (including phenoxy) is 1. The molecule has 0 spiro atoms. The van der Waals surface area contributed by atoms with E-state index in [0.717, 1.165) is 11.1 Å². The Labute approximate surface area is 108 Å². The van der Waals surface area contributed by atoms with Crippen LogP contribution in [0, 0.1) is 13.8 Å². The van der Waals surface area contributed by atoms with E-state index in [1.165, 1.54) is 7.11 Å². The summed E-state index contributed by atoms with van der Waals surface area (Å²) in [6.07, 6.45) is 0.406. The first-order valence-electron chi connectivity index (χ1n) is 5.73. The second kappa shape index (κ2) is 6.00. The Morgan fingerprint density at radius 2 is 1.94 bits per heavy atom. The second-order valence-electron chi connectivity index (χ2n) is 4.27. The highest BCUT2D eigenvalue weighted by atomic mass is 32.2. The molecular formula is C13H18O4S. The standard InChI is InChI=1S/C13H18O4S/c1-10-6-7-11(2)12(9-10)18(15,16)8-4-5-13(14)17-3/h6-7,9H,4-5,8H2,1-3H3. The van der Waals surface area contributed by atoms with Gasteiger partial charge in [-0.15, -0.1) is 0 Å². The van der Waals surface area contributed by atoms with E-state index in [1.54, 1.807) is 19.1 Å². The van der Waals surface area contributed by atoms with Gasteiger partial charge in [-0.05, 0) is 37.5 Å². The zero-order valence-corrected chi connectivity index (χ0v) is 11.7. The quantitative estimate of drug-likeness (QED) is 0.768. The molecule has 0 N–H and O–H groups in total. The van der Waals surface area contributed by atoms with Crippen molar-refractivity contribution < 1.29 is 17.9 Å². The van der Waals surface area contributed by atoms with Gasteiger partial charge >= 0.3 is 5.97 Å². The third-order valence-electron chi connectivity index (χ3n) is 2.70. The van der Waals surface area contributed by atoms with Crippen LogP contribution in [-0.2, 0) is 19.4 Å². The van der Waals surface area contributed by atoms with E-state index >= 15 is 0 Å². The fourth-order valence-corrected chi connectivity index (χ4v) is 3.33. The van der Waals surface area contributed by atoms with E-state index in [4.69, 9.17) is 0 Å². The Kier molecular flexibility index (Phi) is 4.90. The minimum atomic E-state index is -3.33. The predicted octanol–water partition coefficient (Wildman–Crippen LogP) is 2.03. The summed E-state index contributed by atoms with van der Waals surface area (Å²) in [7, 11) is -2.03. The van der Waals surface area contributed by atoms with Crippen LogP contribution in [0.15, 0.2) is 23.1 Å². The van der Waals surface area contributed by atoms with Crippen molar-refractivity contribution in [3.63, 3.8) is 0 Å². The summed E-state index contributed by atoms with van der Waals surface area (Å²) in [5.41, 5.74) is 1.64. The summed E-state index contributed by atoms with van der Waals surface area (Å²) in [5, 5.41) is 0. The minimum Gasteiger partial charge on any atom is -0.469 e. The van der Waals surface area contributed by atoms with Gasteiger partial charge in [0.05, 0.1) is 17.8 Å². The Hall–Kier alpha value is -1.36. The number of hydrogen-bond acceptors (Lipinski definition) is 4. The van der Waals surface area contributed by atoms with E-state index < -0.39 is 9.84 Å². The van der Waals surface area contributed by atoms with E-state index in [1.807, 2.05) is 13.0 Å². The van der Waals surface area contributed by atoms with Crippen LogP contribution in [0.4, 0.5) is 0 Å². The van der Waals surface area contributed by atoms with Crippen LogP contribution < -0.4 is 0 Å². The topological polar surface area (TPSA) is 60.4 Å². The minimum absolute atomic E-state index is 0.0353. The summed E-state index contributed by atoms with van der Waals surface area (Å²) < 4.78 is 28.7. The van der Waals surface area contributed by atoms with Gasteiger partial charge in [0.15, 0.2) is 9.84 Å². The van der Waals surface area contributed by atoms with Crippen LogP contribution in [-0.4, -0.2) is 27.2 Å². The molecule has 0 fully saturated rings. The lowest BCUT2D eigenvalue weighted by Crippen LogP contribution is -2.11. The molecule has 100 valence electrons. The molecule has 1 aromatic carbocycles. The lowest BCUT2D eigenvalue weighted by Gasteiger charge is -2.08. The summed E-state index contributed by atoms with van der Waals surface area (Å²) in [4.78, 5) is 11.3. The highest BCUT2D eigenvalue weighted by Gasteiger charge is 2.17. The molecular weight excluding hydrogens is 252 g/mol. The molecule has 0 radical (unpaired) electrons. The molecule has 5 heteroatoms. The van der Waals surface area contributed by atoms with Crippen molar-refractivity contribution in [1.82, 2.24) is 0 Å². The fourth-order valence-electron chi connectivity index (χ4n) is 1.66. The fraction of sp³-hybridized carbons (Fsp3) is 0.462. The van der Waals surface area contributed by atoms with Crippen LogP contribution in [0.25, 0.3) is 0 Å².